The highest BCUT2D eigenvalue weighted by atomic mass is 16.3. The summed E-state index contributed by atoms with van der Waals surface area (Å²) in [5, 5.41) is 21.1. The van der Waals surface area contributed by atoms with Gasteiger partial charge in [0.05, 0.1) is 0 Å². The molecule has 0 saturated heterocycles. The summed E-state index contributed by atoms with van der Waals surface area (Å²) < 4.78 is 1.13. The third-order valence-corrected chi connectivity index (χ3v) is 5.69. The monoisotopic (exact) mass is 300 g/mol. The van der Waals surface area contributed by atoms with Crippen LogP contribution in [0.5, 0.6) is 11.8 Å². The van der Waals surface area contributed by atoms with Crippen LogP contribution >= 0.6 is 0 Å². The van der Waals surface area contributed by atoms with Crippen LogP contribution in [0.1, 0.15) is 49.7 Å². The predicted molar refractivity (Wildman–Crippen MR) is 82.4 cm³/mol. The highest BCUT2D eigenvalue weighted by Gasteiger charge is 2.60. The van der Waals surface area contributed by atoms with Gasteiger partial charge >= 0.3 is 0 Å². The van der Waals surface area contributed by atoms with Gasteiger partial charge in [0.25, 0.3) is 0 Å². The first-order chi connectivity index (χ1) is 10.5. The topological polar surface area (TPSA) is 74.5 Å². The average molecular weight is 300 g/mol. The van der Waals surface area contributed by atoms with Gasteiger partial charge in [0, 0.05) is 29.4 Å². The molecule has 22 heavy (non-hydrogen) atoms. The first kappa shape index (κ1) is 13.5. The molecule has 5 rings (SSSR count). The second-order valence-electron chi connectivity index (χ2n) is 6.72. The lowest BCUT2D eigenvalue weighted by Gasteiger charge is -2.37. The number of rotatable bonds is 3. The molecule has 0 radical (unpaired) electrons. The molecule has 4 atom stereocenters. The van der Waals surface area contributed by atoms with E-state index in [0.29, 0.717) is 11.8 Å². The van der Waals surface area contributed by atoms with Gasteiger partial charge in [-0.3, -0.25) is 10.2 Å². The standard InChI is InChI=1S/C17H20N2O3/c1-4-5-11(20)18-19-16(21)14-12-7(2)8(3)13(10-6-9(10)12)15(14)17(19)22/h4,9-10,12-13,21-22H,1,5-6H2,2-3H3,(H,18,20). The molecule has 1 aromatic heterocycles. The van der Waals surface area contributed by atoms with Gasteiger partial charge in [0.15, 0.2) is 0 Å². The third kappa shape index (κ3) is 1.46. The Hall–Kier alpha value is -2.17. The second-order valence-corrected chi connectivity index (χ2v) is 6.72. The summed E-state index contributed by atoms with van der Waals surface area (Å²) in [6, 6.07) is 0. The molecule has 2 bridgehead atoms. The maximum Gasteiger partial charge on any atom is 0.242 e. The van der Waals surface area contributed by atoms with Crippen LogP contribution in [0.15, 0.2) is 23.8 Å². The number of aromatic nitrogens is 1. The largest absolute Gasteiger partial charge is 0.493 e. The molecular formula is C17H20N2O3. The summed E-state index contributed by atoms with van der Waals surface area (Å²) >= 11 is 0. The molecular weight excluding hydrogens is 280 g/mol. The number of amides is 1. The Bertz CT molecular complexity index is 696. The summed E-state index contributed by atoms with van der Waals surface area (Å²) in [6.45, 7) is 7.76. The van der Waals surface area contributed by atoms with Crippen molar-refractivity contribution in [3.8, 4) is 11.8 Å². The molecule has 1 heterocycles. The van der Waals surface area contributed by atoms with Crippen molar-refractivity contribution in [2.45, 2.75) is 38.5 Å². The molecule has 5 nitrogen and oxygen atoms in total. The van der Waals surface area contributed by atoms with E-state index in [1.54, 1.807) is 0 Å². The number of aromatic hydroxyl groups is 2. The lowest BCUT2D eigenvalue weighted by Crippen LogP contribution is -2.25. The van der Waals surface area contributed by atoms with E-state index in [1.165, 1.54) is 17.2 Å². The fourth-order valence-electron chi connectivity index (χ4n) is 4.60. The summed E-state index contributed by atoms with van der Waals surface area (Å²) in [5.74, 6) is 1.13. The summed E-state index contributed by atoms with van der Waals surface area (Å²) in [6.07, 6.45) is 2.78. The van der Waals surface area contributed by atoms with E-state index in [1.807, 2.05) is 0 Å². The number of nitrogens with one attached hydrogen (secondary N) is 1. The molecule has 4 aliphatic rings. The van der Waals surface area contributed by atoms with E-state index in [0.717, 1.165) is 22.2 Å². The molecule has 1 saturated carbocycles. The van der Waals surface area contributed by atoms with Gasteiger partial charge in [0.1, 0.15) is 0 Å². The van der Waals surface area contributed by atoms with E-state index in [9.17, 15) is 15.0 Å². The fourth-order valence-corrected chi connectivity index (χ4v) is 4.60. The van der Waals surface area contributed by atoms with Crippen LogP contribution < -0.4 is 5.43 Å². The number of hydrogen-bond acceptors (Lipinski definition) is 3. The Morgan fingerprint density at radius 3 is 2.18 bits per heavy atom. The zero-order valence-electron chi connectivity index (χ0n) is 12.8. The molecule has 4 aliphatic carbocycles. The van der Waals surface area contributed by atoms with Crippen LogP contribution in [-0.2, 0) is 4.79 Å². The Balaban J connectivity index is 1.83. The zero-order valence-corrected chi connectivity index (χ0v) is 12.8. The minimum atomic E-state index is -0.313. The van der Waals surface area contributed by atoms with Crippen LogP contribution in [-0.4, -0.2) is 20.8 Å². The van der Waals surface area contributed by atoms with Gasteiger partial charge in [0.2, 0.25) is 17.7 Å². The Kier molecular flexibility index (Phi) is 2.56. The molecule has 3 N–H and O–H groups in total. The van der Waals surface area contributed by atoms with Crippen molar-refractivity contribution in [3.63, 3.8) is 0 Å². The minimum Gasteiger partial charge on any atom is -0.493 e. The molecule has 1 aromatic rings. The Morgan fingerprint density at radius 1 is 1.23 bits per heavy atom. The second kappa shape index (κ2) is 4.18. The Morgan fingerprint density at radius 2 is 1.73 bits per heavy atom. The van der Waals surface area contributed by atoms with Crippen molar-refractivity contribution < 1.29 is 15.0 Å². The minimum absolute atomic E-state index is 0.0305. The van der Waals surface area contributed by atoms with Crippen LogP contribution in [0.25, 0.3) is 0 Å². The van der Waals surface area contributed by atoms with Crippen molar-refractivity contribution in [2.24, 2.45) is 11.8 Å². The first-order valence-corrected chi connectivity index (χ1v) is 7.71. The zero-order chi connectivity index (χ0) is 15.8. The molecule has 1 amide bonds. The van der Waals surface area contributed by atoms with Gasteiger partial charge in [-0.2, -0.15) is 4.68 Å². The third-order valence-electron chi connectivity index (χ3n) is 5.69. The molecule has 116 valence electrons. The van der Waals surface area contributed by atoms with Crippen LogP contribution in [0.2, 0.25) is 0 Å². The predicted octanol–water partition coefficient (Wildman–Crippen LogP) is 2.71. The van der Waals surface area contributed by atoms with Crippen molar-refractivity contribution in [1.29, 1.82) is 0 Å². The summed E-state index contributed by atoms with van der Waals surface area (Å²) in [7, 11) is 0. The van der Waals surface area contributed by atoms with Gasteiger partial charge < -0.3 is 10.2 Å². The highest BCUT2D eigenvalue weighted by molar-refractivity contribution is 5.85. The van der Waals surface area contributed by atoms with Crippen molar-refractivity contribution in [3.05, 3.63) is 34.9 Å². The number of carbonyl (C=O) groups excluding carboxylic acids is 1. The summed E-state index contributed by atoms with van der Waals surface area (Å²) in [4.78, 5) is 11.8. The molecule has 1 fully saturated rings. The summed E-state index contributed by atoms with van der Waals surface area (Å²) in [5.41, 5.74) is 6.78. The normalized spacial score (nSPS) is 30.8. The van der Waals surface area contributed by atoms with E-state index in [2.05, 4.69) is 25.9 Å². The lowest BCUT2D eigenvalue weighted by atomic mass is 9.65. The van der Waals surface area contributed by atoms with Crippen molar-refractivity contribution >= 4 is 5.91 Å². The van der Waals surface area contributed by atoms with Gasteiger partial charge in [-0.05, 0) is 32.1 Å². The maximum atomic E-state index is 11.8. The maximum absolute atomic E-state index is 11.8. The number of carbonyl (C=O) groups is 1. The molecule has 0 aromatic carbocycles. The average Bonchev–Trinajstić information content (AvgIpc) is 3.23. The van der Waals surface area contributed by atoms with Gasteiger partial charge in [-0.15, -0.1) is 6.58 Å². The van der Waals surface area contributed by atoms with Crippen molar-refractivity contribution in [1.82, 2.24) is 4.68 Å². The number of hydrogen-bond donors (Lipinski definition) is 3. The molecule has 5 heteroatoms. The van der Waals surface area contributed by atoms with E-state index in [4.69, 9.17) is 0 Å². The van der Waals surface area contributed by atoms with Crippen molar-refractivity contribution in [2.75, 3.05) is 5.43 Å². The molecule has 4 unspecified atom stereocenters. The SMILES string of the molecule is C=CCC(=O)Nn1c(O)c2c(c1O)C1C(C)=C(C)C2C2CC12. The first-order valence-electron chi connectivity index (χ1n) is 7.71. The van der Waals surface area contributed by atoms with E-state index in [-0.39, 0.29) is 35.9 Å². The van der Waals surface area contributed by atoms with Crippen LogP contribution in [0.4, 0.5) is 0 Å². The molecule has 0 spiro atoms. The van der Waals surface area contributed by atoms with Gasteiger partial charge in [-0.25, -0.2) is 0 Å². The Labute approximate surface area is 128 Å². The van der Waals surface area contributed by atoms with E-state index >= 15 is 0 Å². The van der Waals surface area contributed by atoms with Crippen LogP contribution in [0.3, 0.4) is 0 Å². The highest BCUT2D eigenvalue weighted by Crippen LogP contribution is 2.71. The quantitative estimate of drug-likeness (QED) is 0.751. The number of nitrogens with zero attached hydrogens (tertiary/aromatic N) is 1. The van der Waals surface area contributed by atoms with E-state index < -0.39 is 0 Å². The fraction of sp³-hybridized carbons (Fsp3) is 0.471. The smallest absolute Gasteiger partial charge is 0.242 e. The lowest BCUT2D eigenvalue weighted by molar-refractivity contribution is -0.116. The van der Waals surface area contributed by atoms with Crippen LogP contribution in [0, 0.1) is 11.8 Å². The van der Waals surface area contributed by atoms with Gasteiger partial charge in [-0.1, -0.05) is 17.2 Å². The molecule has 0 aliphatic heterocycles. The number of allylic oxidation sites excluding steroid dienone is 2.